The molecule has 0 radical (unpaired) electrons. The maximum atomic E-state index is 12.7. The molecular weight excluding hydrogens is 342 g/mol. The van der Waals surface area contributed by atoms with Crippen molar-refractivity contribution in [3.63, 3.8) is 0 Å². The molecule has 0 aromatic heterocycles. The number of hydrogen-bond acceptors (Lipinski definition) is 5. The van der Waals surface area contributed by atoms with Crippen LogP contribution in [-0.4, -0.2) is 35.8 Å². The summed E-state index contributed by atoms with van der Waals surface area (Å²) in [4.78, 5) is 12.4. The number of benzene rings is 2. The first kappa shape index (κ1) is 17.4. The van der Waals surface area contributed by atoms with Crippen LogP contribution in [0, 0.1) is 0 Å². The van der Waals surface area contributed by atoms with Crippen LogP contribution in [0.4, 0.5) is 0 Å². The summed E-state index contributed by atoms with van der Waals surface area (Å²) in [7, 11) is 3.25. The van der Waals surface area contributed by atoms with Gasteiger partial charge in [-0.25, -0.2) is 13.3 Å². The van der Waals surface area contributed by atoms with Gasteiger partial charge in [0.15, 0.2) is 0 Å². The highest BCUT2D eigenvalue weighted by Crippen LogP contribution is 2.32. The number of esters is 1. The highest BCUT2D eigenvalue weighted by Gasteiger charge is 2.28. The Labute approximate surface area is 148 Å². The Morgan fingerprint density at radius 2 is 1.92 bits per heavy atom. The van der Waals surface area contributed by atoms with Gasteiger partial charge < -0.3 is 14.2 Å². The van der Waals surface area contributed by atoms with E-state index < -0.39 is 17.0 Å². The molecule has 25 heavy (non-hydrogen) atoms. The van der Waals surface area contributed by atoms with Gasteiger partial charge in [0.2, 0.25) is 0 Å². The minimum absolute atomic E-state index is 0.399. The van der Waals surface area contributed by atoms with Gasteiger partial charge in [0.1, 0.15) is 22.5 Å². The van der Waals surface area contributed by atoms with E-state index in [0.717, 1.165) is 16.0 Å². The van der Waals surface area contributed by atoms with Crippen molar-refractivity contribution in [2.24, 2.45) is 0 Å². The van der Waals surface area contributed by atoms with Crippen molar-refractivity contribution in [3.05, 3.63) is 53.1 Å². The molecule has 0 spiro atoms. The molecule has 2 aromatic carbocycles. The topological polar surface area (TPSA) is 65.1 Å². The third kappa shape index (κ3) is 3.38. The molecule has 1 aliphatic heterocycles. The number of rotatable bonds is 5. The third-order valence-corrected chi connectivity index (χ3v) is 5.59. The molecule has 0 amide bonds. The SMILES string of the molecule is COC(=O)c1ccc2c(c1)CN(Cc1ccc(OC)cc1OC)S2=O. The van der Waals surface area contributed by atoms with Crippen LogP contribution in [0.15, 0.2) is 41.3 Å². The van der Waals surface area contributed by atoms with Crippen molar-refractivity contribution < 1.29 is 23.2 Å². The summed E-state index contributed by atoms with van der Waals surface area (Å²) >= 11 is 0. The van der Waals surface area contributed by atoms with E-state index >= 15 is 0 Å². The standard InChI is InChI=1S/C18H19NO5S/c1-22-15-6-4-13(16(9-15)23-2)10-19-11-14-8-12(18(20)24-3)5-7-17(14)25(19)21/h4-9H,10-11H2,1-3H3. The molecule has 2 aromatic rings. The summed E-state index contributed by atoms with van der Waals surface area (Å²) in [6.45, 7) is 0.948. The lowest BCUT2D eigenvalue weighted by Gasteiger charge is -2.16. The van der Waals surface area contributed by atoms with Crippen molar-refractivity contribution >= 4 is 17.0 Å². The predicted octanol–water partition coefficient (Wildman–Crippen LogP) is 2.53. The monoisotopic (exact) mass is 361 g/mol. The number of carbonyl (C=O) groups excluding carboxylic acids is 1. The Morgan fingerprint density at radius 3 is 2.60 bits per heavy atom. The number of carbonyl (C=O) groups is 1. The zero-order valence-corrected chi connectivity index (χ0v) is 15.1. The molecule has 0 bridgehead atoms. The molecule has 0 fully saturated rings. The number of hydrogen-bond donors (Lipinski definition) is 0. The number of methoxy groups -OCH3 is 3. The molecule has 1 aliphatic rings. The fourth-order valence-electron chi connectivity index (χ4n) is 2.79. The summed E-state index contributed by atoms with van der Waals surface area (Å²) in [5.74, 6) is 0.987. The van der Waals surface area contributed by atoms with Crippen molar-refractivity contribution in [3.8, 4) is 11.5 Å². The van der Waals surface area contributed by atoms with Crippen molar-refractivity contribution in [1.82, 2.24) is 4.31 Å². The van der Waals surface area contributed by atoms with E-state index in [1.54, 1.807) is 38.5 Å². The molecule has 0 saturated heterocycles. The molecule has 6 nitrogen and oxygen atoms in total. The van der Waals surface area contributed by atoms with Crippen LogP contribution in [0.3, 0.4) is 0 Å². The van der Waals surface area contributed by atoms with Crippen molar-refractivity contribution in [2.75, 3.05) is 21.3 Å². The van der Waals surface area contributed by atoms with Crippen LogP contribution in [0.1, 0.15) is 21.5 Å². The summed E-state index contributed by atoms with van der Waals surface area (Å²) in [5, 5.41) is 0. The molecule has 1 unspecified atom stereocenters. The largest absolute Gasteiger partial charge is 0.497 e. The van der Waals surface area contributed by atoms with Crippen LogP contribution in [-0.2, 0) is 28.8 Å². The zero-order chi connectivity index (χ0) is 18.0. The molecular formula is C18H19NO5S. The average Bonchev–Trinajstić information content (AvgIpc) is 2.96. The van der Waals surface area contributed by atoms with Crippen LogP contribution in [0.5, 0.6) is 11.5 Å². The minimum atomic E-state index is -1.28. The lowest BCUT2D eigenvalue weighted by atomic mass is 10.1. The summed E-state index contributed by atoms with van der Waals surface area (Å²) in [6, 6.07) is 10.7. The van der Waals surface area contributed by atoms with Gasteiger partial charge in [0, 0.05) is 24.7 Å². The van der Waals surface area contributed by atoms with Gasteiger partial charge >= 0.3 is 5.97 Å². The smallest absolute Gasteiger partial charge is 0.337 e. The number of ether oxygens (including phenoxy) is 3. The summed E-state index contributed by atoms with van der Waals surface area (Å²) < 4.78 is 29.9. The molecule has 0 aliphatic carbocycles. The van der Waals surface area contributed by atoms with E-state index in [1.165, 1.54) is 7.11 Å². The second-order valence-corrected chi connectivity index (χ2v) is 6.99. The first-order valence-electron chi connectivity index (χ1n) is 7.66. The van der Waals surface area contributed by atoms with E-state index in [2.05, 4.69) is 0 Å². The maximum absolute atomic E-state index is 12.7. The fourth-order valence-corrected chi connectivity index (χ4v) is 4.12. The van der Waals surface area contributed by atoms with Gasteiger partial charge in [-0.3, -0.25) is 0 Å². The Morgan fingerprint density at radius 1 is 1.12 bits per heavy atom. The summed E-state index contributed by atoms with van der Waals surface area (Å²) in [6.07, 6.45) is 0. The van der Waals surface area contributed by atoms with E-state index in [9.17, 15) is 9.00 Å². The molecule has 1 atom stereocenters. The Hall–Kier alpha value is -2.38. The first-order chi connectivity index (χ1) is 12.1. The Bertz CT molecular complexity index is 836. The van der Waals surface area contributed by atoms with Gasteiger partial charge in [-0.15, -0.1) is 0 Å². The van der Waals surface area contributed by atoms with Crippen molar-refractivity contribution in [2.45, 2.75) is 18.0 Å². The Kier molecular flexibility index (Phi) is 5.06. The van der Waals surface area contributed by atoms with Crippen LogP contribution < -0.4 is 9.47 Å². The van der Waals surface area contributed by atoms with Gasteiger partial charge in [-0.1, -0.05) is 6.07 Å². The Balaban J connectivity index is 1.83. The first-order valence-corrected chi connectivity index (χ1v) is 8.77. The van der Waals surface area contributed by atoms with E-state index in [1.807, 2.05) is 16.4 Å². The lowest BCUT2D eigenvalue weighted by Crippen LogP contribution is -2.19. The zero-order valence-electron chi connectivity index (χ0n) is 14.3. The molecule has 1 heterocycles. The second kappa shape index (κ2) is 7.25. The normalized spacial score (nSPS) is 16.4. The summed E-state index contributed by atoms with van der Waals surface area (Å²) in [5.41, 5.74) is 2.24. The van der Waals surface area contributed by atoms with Gasteiger partial charge in [0.05, 0.1) is 31.8 Å². The molecule has 0 saturated carbocycles. The highest BCUT2D eigenvalue weighted by molar-refractivity contribution is 7.83. The molecule has 0 N–H and O–H groups in total. The van der Waals surface area contributed by atoms with E-state index in [0.29, 0.717) is 30.2 Å². The fraction of sp³-hybridized carbons (Fsp3) is 0.278. The van der Waals surface area contributed by atoms with Gasteiger partial charge in [-0.2, -0.15) is 0 Å². The predicted molar refractivity (Wildman–Crippen MR) is 93.0 cm³/mol. The van der Waals surface area contributed by atoms with Gasteiger partial charge in [0.25, 0.3) is 0 Å². The van der Waals surface area contributed by atoms with Crippen molar-refractivity contribution in [1.29, 1.82) is 0 Å². The second-order valence-electron chi connectivity index (χ2n) is 5.54. The average molecular weight is 361 g/mol. The molecule has 132 valence electrons. The van der Waals surface area contributed by atoms with Crippen LogP contribution in [0.2, 0.25) is 0 Å². The minimum Gasteiger partial charge on any atom is -0.497 e. The third-order valence-electron chi connectivity index (χ3n) is 4.09. The van der Waals surface area contributed by atoms with Gasteiger partial charge in [-0.05, 0) is 29.8 Å². The quantitative estimate of drug-likeness (QED) is 0.766. The van der Waals surface area contributed by atoms with Crippen LogP contribution >= 0.6 is 0 Å². The number of fused-ring (bicyclic) bond motifs is 1. The molecule has 3 rings (SSSR count). The molecule has 7 heteroatoms. The maximum Gasteiger partial charge on any atom is 0.337 e. The lowest BCUT2D eigenvalue weighted by molar-refractivity contribution is 0.0600. The van der Waals surface area contributed by atoms with Crippen LogP contribution in [0.25, 0.3) is 0 Å². The number of nitrogens with zero attached hydrogens (tertiary/aromatic N) is 1. The van der Waals surface area contributed by atoms with E-state index in [4.69, 9.17) is 14.2 Å². The highest BCUT2D eigenvalue weighted by atomic mass is 32.2. The van der Waals surface area contributed by atoms with E-state index in [-0.39, 0.29) is 0 Å².